The van der Waals surface area contributed by atoms with Crippen molar-refractivity contribution in [3.05, 3.63) is 29.8 Å². The monoisotopic (exact) mass is 261 g/mol. The summed E-state index contributed by atoms with van der Waals surface area (Å²) in [4.78, 5) is 24.8. The predicted molar refractivity (Wildman–Crippen MR) is 73.9 cm³/mol. The molecule has 5 nitrogen and oxygen atoms in total. The van der Waals surface area contributed by atoms with Crippen LogP contribution in [0.5, 0.6) is 0 Å². The second-order valence-electron chi connectivity index (χ2n) is 4.65. The van der Waals surface area contributed by atoms with Crippen LogP contribution in [0.25, 0.3) is 0 Å². The molecule has 0 saturated heterocycles. The van der Waals surface area contributed by atoms with Crippen LogP contribution in [0, 0.1) is 0 Å². The number of para-hydroxylation sites is 1. The molecule has 0 radical (unpaired) electrons. The van der Waals surface area contributed by atoms with Gasteiger partial charge in [0.05, 0.1) is 0 Å². The SMILES string of the molecule is CNC(=O)CCNC1CC(=O)N(C)c2ccccc21. The molecule has 2 amide bonds. The lowest BCUT2D eigenvalue weighted by Crippen LogP contribution is -2.38. The summed E-state index contributed by atoms with van der Waals surface area (Å²) in [6.45, 7) is 0.565. The van der Waals surface area contributed by atoms with Crippen molar-refractivity contribution in [3.63, 3.8) is 0 Å². The van der Waals surface area contributed by atoms with E-state index in [2.05, 4.69) is 10.6 Å². The van der Waals surface area contributed by atoms with Crippen LogP contribution in [0.1, 0.15) is 24.4 Å². The molecule has 0 saturated carbocycles. The van der Waals surface area contributed by atoms with Gasteiger partial charge in [-0.1, -0.05) is 18.2 Å². The van der Waals surface area contributed by atoms with Gasteiger partial charge < -0.3 is 15.5 Å². The highest BCUT2D eigenvalue weighted by Crippen LogP contribution is 2.33. The quantitative estimate of drug-likeness (QED) is 0.843. The lowest BCUT2D eigenvalue weighted by Gasteiger charge is -2.32. The topological polar surface area (TPSA) is 61.4 Å². The van der Waals surface area contributed by atoms with E-state index in [9.17, 15) is 9.59 Å². The van der Waals surface area contributed by atoms with Gasteiger partial charge in [-0.2, -0.15) is 0 Å². The summed E-state index contributed by atoms with van der Waals surface area (Å²) in [5, 5.41) is 5.87. The number of hydrogen-bond acceptors (Lipinski definition) is 3. The number of rotatable bonds is 4. The normalized spacial score (nSPS) is 18.1. The molecular weight excluding hydrogens is 242 g/mol. The van der Waals surface area contributed by atoms with E-state index < -0.39 is 0 Å². The highest BCUT2D eigenvalue weighted by molar-refractivity contribution is 5.96. The minimum Gasteiger partial charge on any atom is -0.359 e. The maximum absolute atomic E-state index is 11.9. The summed E-state index contributed by atoms with van der Waals surface area (Å²) in [5.41, 5.74) is 2.05. The third-order valence-electron chi connectivity index (χ3n) is 3.45. The van der Waals surface area contributed by atoms with Crippen LogP contribution >= 0.6 is 0 Å². The Morgan fingerprint density at radius 1 is 1.42 bits per heavy atom. The number of carbonyl (C=O) groups is 2. The smallest absolute Gasteiger partial charge is 0.228 e. The first kappa shape index (κ1) is 13.5. The molecule has 5 heteroatoms. The second kappa shape index (κ2) is 5.84. The van der Waals surface area contributed by atoms with Gasteiger partial charge in [-0.05, 0) is 11.6 Å². The van der Waals surface area contributed by atoms with Crippen LogP contribution < -0.4 is 15.5 Å². The average molecular weight is 261 g/mol. The molecule has 1 aromatic carbocycles. The first-order valence-electron chi connectivity index (χ1n) is 6.43. The summed E-state index contributed by atoms with van der Waals surface area (Å²) in [5.74, 6) is 0.0937. The van der Waals surface area contributed by atoms with E-state index in [1.54, 1.807) is 19.0 Å². The Bertz CT molecular complexity index is 487. The van der Waals surface area contributed by atoms with Crippen molar-refractivity contribution in [2.75, 3.05) is 25.5 Å². The highest BCUT2D eigenvalue weighted by atomic mass is 16.2. The van der Waals surface area contributed by atoms with Crippen molar-refractivity contribution in [1.29, 1.82) is 0 Å². The molecule has 1 aliphatic heterocycles. The molecule has 2 rings (SSSR count). The van der Waals surface area contributed by atoms with E-state index in [0.29, 0.717) is 19.4 Å². The summed E-state index contributed by atoms with van der Waals surface area (Å²) in [6.07, 6.45) is 0.848. The lowest BCUT2D eigenvalue weighted by molar-refractivity contribution is -0.120. The number of nitrogens with zero attached hydrogens (tertiary/aromatic N) is 1. The summed E-state index contributed by atoms with van der Waals surface area (Å²) in [6, 6.07) is 7.85. The average Bonchev–Trinajstić information content (AvgIpc) is 2.44. The van der Waals surface area contributed by atoms with E-state index in [1.165, 1.54) is 0 Å². The molecule has 0 aromatic heterocycles. The number of nitrogens with one attached hydrogen (secondary N) is 2. The summed E-state index contributed by atoms with van der Waals surface area (Å²) < 4.78 is 0. The molecule has 1 aliphatic rings. The Morgan fingerprint density at radius 3 is 2.89 bits per heavy atom. The zero-order chi connectivity index (χ0) is 13.8. The van der Waals surface area contributed by atoms with E-state index in [-0.39, 0.29) is 17.9 Å². The van der Waals surface area contributed by atoms with Crippen LogP contribution in [0.2, 0.25) is 0 Å². The van der Waals surface area contributed by atoms with Gasteiger partial charge >= 0.3 is 0 Å². The molecule has 1 aromatic rings. The van der Waals surface area contributed by atoms with E-state index >= 15 is 0 Å². The van der Waals surface area contributed by atoms with E-state index in [4.69, 9.17) is 0 Å². The molecule has 2 N–H and O–H groups in total. The maximum atomic E-state index is 11.9. The van der Waals surface area contributed by atoms with Gasteiger partial charge in [-0.25, -0.2) is 0 Å². The molecule has 102 valence electrons. The number of carbonyl (C=O) groups excluding carboxylic acids is 2. The van der Waals surface area contributed by atoms with E-state index in [1.807, 2.05) is 24.3 Å². The summed E-state index contributed by atoms with van der Waals surface area (Å²) in [7, 11) is 3.42. The van der Waals surface area contributed by atoms with Gasteiger partial charge in [-0.3, -0.25) is 9.59 Å². The van der Waals surface area contributed by atoms with Crippen molar-refractivity contribution in [2.45, 2.75) is 18.9 Å². The molecular formula is C14H19N3O2. The van der Waals surface area contributed by atoms with Crippen LogP contribution in [-0.2, 0) is 9.59 Å². The third kappa shape index (κ3) is 2.93. The molecule has 0 spiro atoms. The minimum absolute atomic E-state index is 0.0000363. The number of hydrogen-bond donors (Lipinski definition) is 2. The maximum Gasteiger partial charge on any atom is 0.228 e. The number of fused-ring (bicyclic) bond motifs is 1. The minimum atomic E-state index is -0.00967. The van der Waals surface area contributed by atoms with Crippen molar-refractivity contribution in [3.8, 4) is 0 Å². The number of anilines is 1. The van der Waals surface area contributed by atoms with Gasteiger partial charge in [0, 0.05) is 45.2 Å². The zero-order valence-corrected chi connectivity index (χ0v) is 11.3. The van der Waals surface area contributed by atoms with Gasteiger partial charge in [0.2, 0.25) is 11.8 Å². The van der Waals surface area contributed by atoms with Crippen molar-refractivity contribution >= 4 is 17.5 Å². The standard InChI is InChI=1S/C14H19N3O2/c1-15-13(18)7-8-16-11-9-14(19)17(2)12-6-4-3-5-10(11)12/h3-6,11,16H,7-9H2,1-2H3,(H,15,18). The lowest BCUT2D eigenvalue weighted by atomic mass is 9.96. The fourth-order valence-electron chi connectivity index (χ4n) is 2.31. The van der Waals surface area contributed by atoms with E-state index in [0.717, 1.165) is 11.3 Å². The van der Waals surface area contributed by atoms with Crippen LogP contribution in [0.15, 0.2) is 24.3 Å². The predicted octanol–water partition coefficient (Wildman–Crippen LogP) is 0.820. The Balaban J connectivity index is 2.07. The molecule has 1 unspecified atom stereocenters. The van der Waals surface area contributed by atoms with Crippen LogP contribution in [0.3, 0.4) is 0 Å². The zero-order valence-electron chi connectivity index (χ0n) is 11.3. The van der Waals surface area contributed by atoms with Crippen molar-refractivity contribution < 1.29 is 9.59 Å². The van der Waals surface area contributed by atoms with Crippen molar-refractivity contribution in [1.82, 2.24) is 10.6 Å². The third-order valence-corrected chi connectivity index (χ3v) is 3.45. The first-order valence-corrected chi connectivity index (χ1v) is 6.43. The molecule has 1 atom stereocenters. The van der Waals surface area contributed by atoms with Crippen LogP contribution in [-0.4, -0.2) is 32.5 Å². The highest BCUT2D eigenvalue weighted by Gasteiger charge is 2.28. The fourth-order valence-corrected chi connectivity index (χ4v) is 2.31. The van der Waals surface area contributed by atoms with Gasteiger partial charge in [0.25, 0.3) is 0 Å². The van der Waals surface area contributed by atoms with Crippen molar-refractivity contribution in [2.24, 2.45) is 0 Å². The Morgan fingerprint density at radius 2 is 2.16 bits per heavy atom. The summed E-state index contributed by atoms with van der Waals surface area (Å²) >= 11 is 0. The van der Waals surface area contributed by atoms with Gasteiger partial charge in [0.15, 0.2) is 0 Å². The number of amides is 2. The fraction of sp³-hybridized carbons (Fsp3) is 0.429. The molecule has 1 heterocycles. The van der Waals surface area contributed by atoms with Gasteiger partial charge in [-0.15, -0.1) is 0 Å². The molecule has 0 fully saturated rings. The molecule has 0 bridgehead atoms. The number of benzene rings is 1. The Labute approximate surface area is 113 Å². The molecule has 19 heavy (non-hydrogen) atoms. The first-order chi connectivity index (χ1) is 9.13. The Hall–Kier alpha value is -1.88. The Kier molecular flexibility index (Phi) is 4.16. The van der Waals surface area contributed by atoms with Gasteiger partial charge in [0.1, 0.15) is 0 Å². The second-order valence-corrected chi connectivity index (χ2v) is 4.65. The largest absolute Gasteiger partial charge is 0.359 e. The van der Waals surface area contributed by atoms with Crippen LogP contribution in [0.4, 0.5) is 5.69 Å². The molecule has 0 aliphatic carbocycles.